The molecule has 130 valence electrons. The van der Waals surface area contributed by atoms with E-state index in [1.54, 1.807) is 12.0 Å². The lowest BCUT2D eigenvalue weighted by atomic mass is 9.98. The van der Waals surface area contributed by atoms with Gasteiger partial charge in [0.25, 0.3) is 11.6 Å². The third kappa shape index (κ3) is 3.45. The van der Waals surface area contributed by atoms with Gasteiger partial charge in [-0.25, -0.2) is 4.39 Å². The standard InChI is InChI=1S/C18H17FN2O4/c1-25-15-5-2-12(3-6-15)13-8-9-20(11-13)18(22)16-7-4-14(21(23)24)10-17(16)19/h2-7,10,13H,8-9,11H2,1H3. The van der Waals surface area contributed by atoms with Gasteiger partial charge < -0.3 is 9.64 Å². The molecular weight excluding hydrogens is 327 g/mol. The van der Waals surface area contributed by atoms with Crippen molar-refractivity contribution in [1.82, 2.24) is 4.90 Å². The highest BCUT2D eigenvalue weighted by molar-refractivity contribution is 5.95. The number of carbonyl (C=O) groups is 1. The first-order chi connectivity index (χ1) is 12.0. The van der Waals surface area contributed by atoms with Crippen LogP contribution in [0.1, 0.15) is 28.3 Å². The van der Waals surface area contributed by atoms with Crippen LogP contribution in [0.15, 0.2) is 42.5 Å². The van der Waals surface area contributed by atoms with Crippen molar-refractivity contribution in [2.75, 3.05) is 20.2 Å². The zero-order valence-corrected chi connectivity index (χ0v) is 13.6. The SMILES string of the molecule is COc1ccc(C2CCN(C(=O)c3ccc([N+](=O)[O-])cc3F)C2)cc1. The Morgan fingerprint density at radius 2 is 2.00 bits per heavy atom. The van der Waals surface area contributed by atoms with Crippen LogP contribution >= 0.6 is 0 Å². The summed E-state index contributed by atoms with van der Waals surface area (Å²) in [4.78, 5) is 24.1. The van der Waals surface area contributed by atoms with Crippen LogP contribution in [0.5, 0.6) is 5.75 Å². The first-order valence-corrected chi connectivity index (χ1v) is 7.86. The molecule has 1 unspecified atom stereocenters. The van der Waals surface area contributed by atoms with Crippen LogP contribution in [0.25, 0.3) is 0 Å². The lowest BCUT2D eigenvalue weighted by Gasteiger charge is -2.17. The number of nitro benzene ring substituents is 1. The number of methoxy groups -OCH3 is 1. The van der Waals surface area contributed by atoms with Gasteiger partial charge in [0, 0.05) is 25.1 Å². The van der Waals surface area contributed by atoms with Crippen molar-refractivity contribution in [3.63, 3.8) is 0 Å². The topological polar surface area (TPSA) is 72.7 Å². The van der Waals surface area contributed by atoms with E-state index in [1.807, 2.05) is 24.3 Å². The molecule has 0 radical (unpaired) electrons. The van der Waals surface area contributed by atoms with Gasteiger partial charge in [0.05, 0.1) is 23.7 Å². The molecule has 1 amide bonds. The third-order valence-corrected chi connectivity index (χ3v) is 4.46. The van der Waals surface area contributed by atoms with E-state index in [1.165, 1.54) is 6.07 Å². The molecule has 0 saturated carbocycles. The fourth-order valence-corrected chi connectivity index (χ4v) is 3.05. The summed E-state index contributed by atoms with van der Waals surface area (Å²) < 4.78 is 19.2. The average molecular weight is 344 g/mol. The number of carbonyl (C=O) groups excluding carboxylic acids is 1. The smallest absolute Gasteiger partial charge is 0.272 e. The molecule has 2 aromatic carbocycles. The zero-order valence-electron chi connectivity index (χ0n) is 13.6. The summed E-state index contributed by atoms with van der Waals surface area (Å²) in [6.07, 6.45) is 0.784. The van der Waals surface area contributed by atoms with Crippen LogP contribution in [-0.2, 0) is 0 Å². The van der Waals surface area contributed by atoms with Gasteiger partial charge in [0.1, 0.15) is 11.6 Å². The number of amides is 1. The van der Waals surface area contributed by atoms with Crippen molar-refractivity contribution < 1.29 is 18.8 Å². The van der Waals surface area contributed by atoms with E-state index in [0.29, 0.717) is 13.1 Å². The van der Waals surface area contributed by atoms with Crippen molar-refractivity contribution in [3.8, 4) is 5.75 Å². The molecule has 1 aliphatic heterocycles. The van der Waals surface area contributed by atoms with Crippen molar-refractivity contribution >= 4 is 11.6 Å². The Morgan fingerprint density at radius 1 is 1.28 bits per heavy atom. The molecule has 0 aliphatic carbocycles. The fraction of sp³-hybridized carbons (Fsp3) is 0.278. The molecule has 1 atom stereocenters. The van der Waals surface area contributed by atoms with Gasteiger partial charge in [-0.05, 0) is 30.2 Å². The number of benzene rings is 2. The first kappa shape index (κ1) is 16.9. The molecule has 0 bridgehead atoms. The number of nitro groups is 1. The number of hydrogen-bond donors (Lipinski definition) is 0. The van der Waals surface area contributed by atoms with Crippen molar-refractivity contribution in [3.05, 3.63) is 69.5 Å². The second kappa shape index (κ2) is 6.88. The van der Waals surface area contributed by atoms with Gasteiger partial charge >= 0.3 is 0 Å². The Hall–Kier alpha value is -2.96. The summed E-state index contributed by atoms with van der Waals surface area (Å²) in [6.45, 7) is 1.01. The second-order valence-electron chi connectivity index (χ2n) is 5.93. The van der Waals surface area contributed by atoms with Gasteiger partial charge in [0.2, 0.25) is 0 Å². The number of halogens is 1. The summed E-state index contributed by atoms with van der Waals surface area (Å²) in [6, 6.07) is 10.8. The van der Waals surface area contributed by atoms with Gasteiger partial charge in [-0.15, -0.1) is 0 Å². The molecule has 1 heterocycles. The van der Waals surface area contributed by atoms with Crippen molar-refractivity contribution in [1.29, 1.82) is 0 Å². The normalized spacial score (nSPS) is 16.7. The Labute approximate surface area is 144 Å². The van der Waals surface area contributed by atoms with Crippen molar-refractivity contribution in [2.24, 2.45) is 0 Å². The zero-order chi connectivity index (χ0) is 18.0. The highest BCUT2D eigenvalue weighted by Crippen LogP contribution is 2.30. The highest BCUT2D eigenvalue weighted by atomic mass is 19.1. The summed E-state index contributed by atoms with van der Waals surface area (Å²) in [7, 11) is 1.60. The molecule has 1 fully saturated rings. The van der Waals surface area contributed by atoms with E-state index in [2.05, 4.69) is 0 Å². The molecule has 1 saturated heterocycles. The Morgan fingerprint density at radius 3 is 2.60 bits per heavy atom. The fourth-order valence-electron chi connectivity index (χ4n) is 3.05. The molecule has 0 aromatic heterocycles. The largest absolute Gasteiger partial charge is 0.497 e. The average Bonchev–Trinajstić information content (AvgIpc) is 3.11. The van der Waals surface area contributed by atoms with Gasteiger partial charge in [-0.3, -0.25) is 14.9 Å². The van der Waals surface area contributed by atoms with E-state index in [4.69, 9.17) is 4.74 Å². The second-order valence-corrected chi connectivity index (χ2v) is 5.93. The van der Waals surface area contributed by atoms with Gasteiger partial charge in [-0.1, -0.05) is 12.1 Å². The van der Waals surface area contributed by atoms with E-state index >= 15 is 0 Å². The van der Waals surface area contributed by atoms with E-state index in [9.17, 15) is 19.3 Å². The summed E-state index contributed by atoms with van der Waals surface area (Å²) in [5.41, 5.74) is 0.591. The number of ether oxygens (including phenoxy) is 1. The number of non-ortho nitro benzene ring substituents is 1. The summed E-state index contributed by atoms with van der Waals surface area (Å²) >= 11 is 0. The highest BCUT2D eigenvalue weighted by Gasteiger charge is 2.29. The van der Waals surface area contributed by atoms with Crippen molar-refractivity contribution in [2.45, 2.75) is 12.3 Å². The van der Waals surface area contributed by atoms with Gasteiger partial charge in [0.15, 0.2) is 0 Å². The Kier molecular flexibility index (Phi) is 4.65. The van der Waals surface area contributed by atoms with Crippen LogP contribution in [0.3, 0.4) is 0 Å². The van der Waals surface area contributed by atoms with Crippen LogP contribution in [0.4, 0.5) is 10.1 Å². The third-order valence-electron chi connectivity index (χ3n) is 4.46. The minimum atomic E-state index is -0.868. The monoisotopic (exact) mass is 344 g/mol. The summed E-state index contributed by atoms with van der Waals surface area (Å²) in [5.74, 6) is -0.367. The number of nitrogens with zero attached hydrogens (tertiary/aromatic N) is 2. The Balaban J connectivity index is 1.73. The molecule has 2 aromatic rings. The maximum absolute atomic E-state index is 14.1. The molecular formula is C18H17FN2O4. The molecule has 7 heteroatoms. The van der Waals surface area contributed by atoms with Crippen LogP contribution in [0, 0.1) is 15.9 Å². The van der Waals surface area contributed by atoms with E-state index in [-0.39, 0.29) is 17.2 Å². The molecule has 6 nitrogen and oxygen atoms in total. The van der Waals surface area contributed by atoms with Crippen LogP contribution < -0.4 is 4.74 Å². The molecule has 0 N–H and O–H groups in total. The number of hydrogen-bond acceptors (Lipinski definition) is 4. The maximum Gasteiger partial charge on any atom is 0.272 e. The predicted molar refractivity (Wildman–Crippen MR) is 89.3 cm³/mol. The molecule has 25 heavy (non-hydrogen) atoms. The maximum atomic E-state index is 14.1. The minimum Gasteiger partial charge on any atom is -0.497 e. The molecule has 0 spiro atoms. The lowest BCUT2D eigenvalue weighted by Crippen LogP contribution is -2.29. The van der Waals surface area contributed by atoms with Gasteiger partial charge in [-0.2, -0.15) is 0 Å². The van der Waals surface area contributed by atoms with E-state index in [0.717, 1.165) is 29.9 Å². The molecule has 1 aliphatic rings. The predicted octanol–water partition coefficient (Wildman–Crippen LogP) is 3.37. The lowest BCUT2D eigenvalue weighted by molar-refractivity contribution is -0.385. The number of rotatable bonds is 4. The minimum absolute atomic E-state index is 0.138. The molecule has 3 rings (SSSR count). The first-order valence-electron chi connectivity index (χ1n) is 7.86. The quantitative estimate of drug-likeness (QED) is 0.630. The number of likely N-dealkylation sites (tertiary alicyclic amines) is 1. The van der Waals surface area contributed by atoms with Crippen LogP contribution in [-0.4, -0.2) is 35.9 Å². The Bertz CT molecular complexity index is 807. The van der Waals surface area contributed by atoms with Crippen LogP contribution in [0.2, 0.25) is 0 Å². The van der Waals surface area contributed by atoms with E-state index < -0.39 is 16.6 Å². The summed E-state index contributed by atoms with van der Waals surface area (Å²) in [5, 5.41) is 10.7.